The third kappa shape index (κ3) is 8.03. The van der Waals surface area contributed by atoms with Gasteiger partial charge in [-0.15, -0.1) is 11.6 Å². The lowest BCUT2D eigenvalue weighted by atomic mass is 9.89. The van der Waals surface area contributed by atoms with Gasteiger partial charge in [0, 0.05) is 56.5 Å². The Bertz CT molecular complexity index is 915. The van der Waals surface area contributed by atoms with E-state index in [2.05, 4.69) is 45.9 Å². The number of halogens is 1. The lowest BCUT2D eigenvalue weighted by molar-refractivity contribution is -0.115. The molecule has 2 aromatic carbocycles. The lowest BCUT2D eigenvalue weighted by Gasteiger charge is -2.35. The minimum Gasteiger partial charge on any atom is -0.382 e. The van der Waals surface area contributed by atoms with Crippen LogP contribution in [-0.2, 0) is 16.0 Å². The molecule has 1 aliphatic rings. The van der Waals surface area contributed by atoms with Crippen molar-refractivity contribution in [3.05, 3.63) is 59.7 Å². The monoisotopic (exact) mass is 485 g/mol. The maximum absolute atomic E-state index is 13.1. The largest absolute Gasteiger partial charge is 0.382 e. The van der Waals surface area contributed by atoms with Crippen molar-refractivity contribution < 1.29 is 14.3 Å². The summed E-state index contributed by atoms with van der Waals surface area (Å²) >= 11 is 5.69. The van der Waals surface area contributed by atoms with Crippen molar-refractivity contribution in [3.8, 4) is 0 Å². The Balaban J connectivity index is 1.68. The van der Waals surface area contributed by atoms with Gasteiger partial charge in [0.1, 0.15) is 0 Å². The Morgan fingerprint density at radius 1 is 1.12 bits per heavy atom. The number of nitrogens with zero attached hydrogens (tertiary/aromatic N) is 1. The van der Waals surface area contributed by atoms with Gasteiger partial charge in [-0.3, -0.25) is 9.59 Å². The van der Waals surface area contributed by atoms with Crippen LogP contribution < -0.4 is 15.5 Å². The summed E-state index contributed by atoms with van der Waals surface area (Å²) in [6.07, 6.45) is 4.24. The fourth-order valence-electron chi connectivity index (χ4n) is 4.32. The predicted molar refractivity (Wildman–Crippen MR) is 139 cm³/mol. The molecule has 1 fully saturated rings. The van der Waals surface area contributed by atoms with E-state index in [1.807, 2.05) is 19.1 Å². The number of anilines is 2. The van der Waals surface area contributed by atoms with Crippen LogP contribution in [0, 0.1) is 5.92 Å². The van der Waals surface area contributed by atoms with Gasteiger partial charge < -0.3 is 20.3 Å². The molecule has 2 amide bonds. The topological polar surface area (TPSA) is 70.7 Å². The number of hydrogen-bond acceptors (Lipinski definition) is 4. The van der Waals surface area contributed by atoms with Gasteiger partial charge in [0.05, 0.1) is 5.56 Å². The van der Waals surface area contributed by atoms with Crippen LogP contribution >= 0.6 is 11.6 Å². The number of hydrogen-bond donors (Lipinski definition) is 2. The Labute approximate surface area is 208 Å². The lowest BCUT2D eigenvalue weighted by Crippen LogP contribution is -2.36. The fourth-order valence-corrected chi connectivity index (χ4v) is 4.49. The van der Waals surface area contributed by atoms with E-state index >= 15 is 0 Å². The molecule has 3 rings (SSSR count). The van der Waals surface area contributed by atoms with Crippen molar-refractivity contribution >= 4 is 34.8 Å². The minimum atomic E-state index is -0.160. The van der Waals surface area contributed by atoms with Gasteiger partial charge in [-0.1, -0.05) is 30.3 Å². The number of carbonyl (C=O) groups excluding carboxylic acids is 2. The highest BCUT2D eigenvalue weighted by atomic mass is 35.5. The normalized spacial score (nSPS) is 14.1. The molecule has 0 unspecified atom stereocenters. The molecule has 1 saturated heterocycles. The van der Waals surface area contributed by atoms with Crippen LogP contribution in [0.4, 0.5) is 11.4 Å². The first-order valence-electron chi connectivity index (χ1n) is 12.3. The number of carbonyl (C=O) groups is 2. The maximum Gasteiger partial charge on any atom is 0.253 e. The van der Waals surface area contributed by atoms with Gasteiger partial charge in [0.2, 0.25) is 5.91 Å². The highest BCUT2D eigenvalue weighted by molar-refractivity contribution is 6.19. The summed E-state index contributed by atoms with van der Waals surface area (Å²) < 4.78 is 5.36. The number of nitrogens with one attached hydrogen (secondary N) is 2. The quantitative estimate of drug-likeness (QED) is 0.332. The zero-order valence-electron chi connectivity index (χ0n) is 20.0. The highest BCUT2D eigenvalue weighted by Gasteiger charge is 2.23. The number of ether oxygens (including phenoxy) is 1. The van der Waals surface area contributed by atoms with Crippen molar-refractivity contribution in [3.63, 3.8) is 0 Å². The number of rotatable bonds is 12. The molecule has 34 heavy (non-hydrogen) atoms. The van der Waals surface area contributed by atoms with E-state index < -0.39 is 0 Å². The van der Waals surface area contributed by atoms with Crippen LogP contribution in [-0.4, -0.2) is 50.5 Å². The molecule has 0 atom stereocenters. The van der Waals surface area contributed by atoms with Crippen molar-refractivity contribution in [2.45, 2.75) is 39.0 Å². The first kappa shape index (κ1) is 26.0. The Morgan fingerprint density at radius 3 is 2.59 bits per heavy atom. The van der Waals surface area contributed by atoms with Gasteiger partial charge >= 0.3 is 0 Å². The second kappa shape index (κ2) is 14.0. The molecule has 184 valence electrons. The van der Waals surface area contributed by atoms with E-state index in [-0.39, 0.29) is 24.1 Å². The molecule has 0 saturated carbocycles. The van der Waals surface area contributed by atoms with Gasteiger partial charge in [0.15, 0.2) is 0 Å². The molecular formula is C27H36ClN3O3. The van der Waals surface area contributed by atoms with Crippen molar-refractivity contribution in [2.24, 2.45) is 5.92 Å². The number of benzene rings is 2. The summed E-state index contributed by atoms with van der Waals surface area (Å²) in [6, 6.07) is 16.2. The third-order valence-electron chi connectivity index (χ3n) is 6.12. The smallest absolute Gasteiger partial charge is 0.253 e. The predicted octanol–water partition coefficient (Wildman–Crippen LogP) is 4.87. The van der Waals surface area contributed by atoms with Gasteiger partial charge in [-0.2, -0.15) is 0 Å². The standard InChI is InChI=1S/C27H36ClN3O3/c1-2-34-18-6-15-29-27(33)24-20-23(30-26(32)11-14-28)9-10-25(24)31-16-12-22(13-17-31)19-21-7-4-3-5-8-21/h3-5,7-10,20,22H,2,6,11-19H2,1H3,(H,29,33)(H,30,32). The summed E-state index contributed by atoms with van der Waals surface area (Å²) in [5, 5.41) is 5.85. The van der Waals surface area contributed by atoms with E-state index in [0.29, 0.717) is 36.9 Å². The zero-order chi connectivity index (χ0) is 24.2. The highest BCUT2D eigenvalue weighted by Crippen LogP contribution is 2.30. The Kier molecular flexibility index (Phi) is 10.7. The van der Waals surface area contributed by atoms with Crippen LogP contribution in [0.25, 0.3) is 0 Å². The summed E-state index contributed by atoms with van der Waals surface area (Å²) in [4.78, 5) is 27.4. The summed E-state index contributed by atoms with van der Waals surface area (Å²) in [7, 11) is 0. The molecule has 0 aliphatic carbocycles. The number of piperidine rings is 1. The van der Waals surface area contributed by atoms with E-state index in [4.69, 9.17) is 16.3 Å². The van der Waals surface area contributed by atoms with Crippen LogP contribution in [0.5, 0.6) is 0 Å². The maximum atomic E-state index is 13.1. The summed E-state index contributed by atoms with van der Waals surface area (Å²) in [5.41, 5.74) is 3.49. The van der Waals surface area contributed by atoms with Gasteiger partial charge in [-0.05, 0) is 62.3 Å². The van der Waals surface area contributed by atoms with Crippen molar-refractivity contribution in [1.82, 2.24) is 5.32 Å². The van der Waals surface area contributed by atoms with Crippen LogP contribution in [0.2, 0.25) is 0 Å². The van der Waals surface area contributed by atoms with E-state index in [9.17, 15) is 9.59 Å². The first-order chi connectivity index (χ1) is 16.6. The van der Waals surface area contributed by atoms with Crippen molar-refractivity contribution in [1.29, 1.82) is 0 Å². The van der Waals surface area contributed by atoms with E-state index in [1.165, 1.54) is 5.56 Å². The van der Waals surface area contributed by atoms with Gasteiger partial charge in [0.25, 0.3) is 5.91 Å². The molecule has 6 nitrogen and oxygen atoms in total. The first-order valence-corrected chi connectivity index (χ1v) is 12.8. The minimum absolute atomic E-state index is 0.133. The number of amides is 2. The molecule has 0 spiro atoms. The second-order valence-electron chi connectivity index (χ2n) is 8.65. The average Bonchev–Trinajstić information content (AvgIpc) is 2.85. The molecule has 2 N–H and O–H groups in total. The molecule has 0 bridgehead atoms. The van der Waals surface area contributed by atoms with E-state index in [1.54, 1.807) is 6.07 Å². The van der Waals surface area contributed by atoms with Crippen LogP contribution in [0.1, 0.15) is 48.5 Å². The van der Waals surface area contributed by atoms with E-state index in [0.717, 1.165) is 44.5 Å². The molecule has 1 aliphatic heterocycles. The number of alkyl halides is 1. The molecule has 0 radical (unpaired) electrons. The SMILES string of the molecule is CCOCCCNC(=O)c1cc(NC(=O)CCCl)ccc1N1CCC(Cc2ccccc2)CC1. The third-order valence-corrected chi connectivity index (χ3v) is 6.31. The van der Waals surface area contributed by atoms with Gasteiger partial charge in [-0.25, -0.2) is 0 Å². The molecule has 0 aromatic heterocycles. The Morgan fingerprint density at radius 2 is 1.88 bits per heavy atom. The molecular weight excluding hydrogens is 450 g/mol. The van der Waals surface area contributed by atoms with Crippen molar-refractivity contribution in [2.75, 3.05) is 48.9 Å². The Hall–Kier alpha value is -2.57. The van der Waals surface area contributed by atoms with Crippen LogP contribution in [0.15, 0.2) is 48.5 Å². The van der Waals surface area contributed by atoms with Crippen LogP contribution in [0.3, 0.4) is 0 Å². The summed E-state index contributed by atoms with van der Waals surface area (Å²) in [6.45, 7) is 5.59. The molecule has 7 heteroatoms. The zero-order valence-corrected chi connectivity index (χ0v) is 20.8. The second-order valence-corrected chi connectivity index (χ2v) is 9.02. The molecule has 1 heterocycles. The molecule has 2 aromatic rings. The summed E-state index contributed by atoms with van der Waals surface area (Å²) in [5.74, 6) is 0.608. The fraction of sp³-hybridized carbons (Fsp3) is 0.481. The average molecular weight is 486 g/mol.